The second-order valence-electron chi connectivity index (χ2n) is 8.99. The SMILES string of the molecule is CCCCc1nc2c(N)nc3ccc(C(C)CNC)cc3c2n1Cc1cccc(OP(=O)(O)O)c1O. The third kappa shape index (κ3) is 5.32. The number of benzene rings is 2. The van der Waals surface area contributed by atoms with Crippen LogP contribution in [-0.4, -0.2) is 43.0 Å². The van der Waals surface area contributed by atoms with Crippen LogP contribution in [0.2, 0.25) is 0 Å². The summed E-state index contributed by atoms with van der Waals surface area (Å²) in [6.07, 6.45) is 2.58. The van der Waals surface area contributed by atoms with Crippen LogP contribution in [0, 0.1) is 0 Å². The van der Waals surface area contributed by atoms with Crippen molar-refractivity contribution in [2.45, 2.75) is 45.6 Å². The Morgan fingerprint density at radius 1 is 1.22 bits per heavy atom. The Hall–Kier alpha value is -3.17. The molecule has 36 heavy (non-hydrogen) atoms. The van der Waals surface area contributed by atoms with Crippen molar-refractivity contribution in [3.8, 4) is 11.5 Å². The summed E-state index contributed by atoms with van der Waals surface area (Å²) in [6.45, 7) is 5.27. The van der Waals surface area contributed by atoms with Gasteiger partial charge in [-0.3, -0.25) is 9.79 Å². The van der Waals surface area contributed by atoms with Crippen molar-refractivity contribution in [3.05, 3.63) is 53.3 Å². The number of unbranched alkanes of at least 4 members (excludes halogenated alkanes) is 1. The number of phosphoric ester groups is 1. The minimum Gasteiger partial charge on any atom is -0.504 e. The Morgan fingerprint density at radius 2 is 2.00 bits per heavy atom. The molecule has 0 radical (unpaired) electrons. The van der Waals surface area contributed by atoms with Crippen LogP contribution in [0.15, 0.2) is 36.4 Å². The lowest BCUT2D eigenvalue weighted by Crippen LogP contribution is -2.14. The number of nitrogens with one attached hydrogen (secondary N) is 1. The largest absolute Gasteiger partial charge is 0.524 e. The van der Waals surface area contributed by atoms with Gasteiger partial charge in [0.05, 0.1) is 17.6 Å². The van der Waals surface area contributed by atoms with E-state index in [9.17, 15) is 19.5 Å². The molecule has 2 heterocycles. The zero-order valence-electron chi connectivity index (χ0n) is 20.6. The molecule has 0 fully saturated rings. The molecule has 1 unspecified atom stereocenters. The Bertz CT molecular complexity index is 1450. The maximum atomic E-state index is 11.4. The number of nitrogens with two attached hydrogens (primary N) is 1. The number of nitrogen functional groups attached to an aromatic ring is 1. The van der Waals surface area contributed by atoms with Gasteiger partial charge in [-0.2, -0.15) is 0 Å². The highest BCUT2D eigenvalue weighted by atomic mass is 31.2. The summed E-state index contributed by atoms with van der Waals surface area (Å²) in [7, 11) is -2.92. The highest BCUT2D eigenvalue weighted by Gasteiger charge is 2.22. The molecule has 4 rings (SSSR count). The summed E-state index contributed by atoms with van der Waals surface area (Å²) in [4.78, 5) is 27.9. The lowest BCUT2D eigenvalue weighted by molar-refractivity contribution is 0.277. The van der Waals surface area contributed by atoms with Gasteiger partial charge in [0.25, 0.3) is 0 Å². The number of aryl methyl sites for hydroxylation is 1. The van der Waals surface area contributed by atoms with Gasteiger partial charge in [-0.25, -0.2) is 14.5 Å². The van der Waals surface area contributed by atoms with Crippen LogP contribution in [0.1, 0.15) is 49.6 Å². The van der Waals surface area contributed by atoms with Gasteiger partial charge >= 0.3 is 7.82 Å². The Kier molecular flexibility index (Phi) is 7.51. The van der Waals surface area contributed by atoms with Gasteiger partial charge in [-0.15, -0.1) is 0 Å². The van der Waals surface area contributed by atoms with E-state index in [-0.39, 0.29) is 24.0 Å². The first-order valence-electron chi connectivity index (χ1n) is 11.9. The zero-order chi connectivity index (χ0) is 26.0. The van der Waals surface area contributed by atoms with Gasteiger partial charge < -0.3 is 25.2 Å². The van der Waals surface area contributed by atoms with Crippen molar-refractivity contribution in [1.82, 2.24) is 19.9 Å². The fourth-order valence-corrected chi connectivity index (χ4v) is 4.87. The number of phenolic OH excluding ortho intramolecular Hbond substituents is 1. The monoisotopic (exact) mass is 513 g/mol. The number of aromatic hydroxyl groups is 1. The first-order chi connectivity index (χ1) is 17.1. The maximum Gasteiger partial charge on any atom is 0.524 e. The molecule has 10 nitrogen and oxygen atoms in total. The molecule has 0 saturated carbocycles. The number of phosphoric acid groups is 1. The Morgan fingerprint density at radius 3 is 2.69 bits per heavy atom. The Labute approximate surface area is 209 Å². The van der Waals surface area contributed by atoms with E-state index < -0.39 is 7.82 Å². The molecule has 0 aliphatic rings. The standard InChI is InChI=1S/C25H32N5O5P/c1-4-5-9-21-29-22-23(18-12-16(15(2)13-27-3)10-11-19(18)28-25(22)26)30(21)14-17-7-6-8-20(24(17)31)35-36(32,33)34/h6-8,10-12,15,27,31H,4-5,9,13-14H2,1-3H3,(H2,26,28)(H2,32,33,34). The number of hydrogen-bond donors (Lipinski definition) is 5. The van der Waals surface area contributed by atoms with Crippen molar-refractivity contribution in [1.29, 1.82) is 0 Å². The molecule has 192 valence electrons. The second kappa shape index (κ2) is 10.4. The smallest absolute Gasteiger partial charge is 0.504 e. The third-order valence-electron chi connectivity index (χ3n) is 6.27. The summed E-state index contributed by atoms with van der Waals surface area (Å²) in [5, 5.41) is 14.9. The van der Waals surface area contributed by atoms with E-state index in [0.29, 0.717) is 23.3 Å². The van der Waals surface area contributed by atoms with Gasteiger partial charge in [-0.05, 0) is 43.1 Å². The predicted octanol–water partition coefficient (Wildman–Crippen LogP) is 4.06. The van der Waals surface area contributed by atoms with Crippen molar-refractivity contribution < 1.29 is 24.0 Å². The number of nitrogens with zero attached hydrogens (tertiary/aromatic N) is 3. The van der Waals surface area contributed by atoms with Crippen LogP contribution >= 0.6 is 7.82 Å². The predicted molar refractivity (Wildman–Crippen MR) is 140 cm³/mol. The van der Waals surface area contributed by atoms with E-state index >= 15 is 0 Å². The lowest BCUT2D eigenvalue weighted by Gasteiger charge is -2.16. The number of pyridine rings is 1. The summed E-state index contributed by atoms with van der Waals surface area (Å²) < 4.78 is 18.1. The van der Waals surface area contributed by atoms with Crippen LogP contribution in [0.5, 0.6) is 11.5 Å². The number of para-hydroxylation sites is 1. The molecular formula is C25H32N5O5P. The number of hydrogen-bond acceptors (Lipinski definition) is 7. The molecule has 11 heteroatoms. The van der Waals surface area contributed by atoms with Crippen LogP contribution in [0.25, 0.3) is 21.9 Å². The van der Waals surface area contributed by atoms with E-state index in [1.807, 2.05) is 17.7 Å². The van der Waals surface area contributed by atoms with Crippen molar-refractivity contribution in [2.75, 3.05) is 19.3 Å². The summed E-state index contributed by atoms with van der Waals surface area (Å²) in [5.41, 5.74) is 10.1. The van der Waals surface area contributed by atoms with Crippen molar-refractivity contribution >= 4 is 35.6 Å². The molecule has 0 saturated heterocycles. The van der Waals surface area contributed by atoms with E-state index in [0.717, 1.165) is 47.2 Å². The van der Waals surface area contributed by atoms with E-state index in [1.165, 1.54) is 6.07 Å². The molecule has 6 N–H and O–H groups in total. The minimum atomic E-state index is -4.84. The fraction of sp³-hybridized carbons (Fsp3) is 0.360. The second-order valence-corrected chi connectivity index (χ2v) is 10.2. The van der Waals surface area contributed by atoms with E-state index in [2.05, 4.69) is 40.8 Å². The molecule has 2 aromatic carbocycles. The van der Waals surface area contributed by atoms with Crippen LogP contribution < -0.4 is 15.6 Å². The molecule has 1 atom stereocenters. The van der Waals surface area contributed by atoms with Crippen LogP contribution in [0.3, 0.4) is 0 Å². The van der Waals surface area contributed by atoms with Crippen LogP contribution in [-0.2, 0) is 17.5 Å². The van der Waals surface area contributed by atoms with Gasteiger partial charge in [0.1, 0.15) is 11.3 Å². The summed E-state index contributed by atoms with van der Waals surface area (Å²) in [6, 6.07) is 10.7. The number of aromatic nitrogens is 3. The number of likely N-dealkylation sites (N-methyl/N-ethyl adjacent to an activating group) is 1. The average Bonchev–Trinajstić information content (AvgIpc) is 3.18. The first-order valence-corrected chi connectivity index (χ1v) is 13.4. The van der Waals surface area contributed by atoms with Crippen molar-refractivity contribution in [3.63, 3.8) is 0 Å². The Balaban J connectivity index is 1.93. The van der Waals surface area contributed by atoms with Gasteiger partial charge in [0, 0.05) is 23.9 Å². The van der Waals surface area contributed by atoms with Gasteiger partial charge in [-0.1, -0.05) is 38.5 Å². The fourth-order valence-electron chi connectivity index (χ4n) is 4.47. The highest BCUT2D eigenvalue weighted by molar-refractivity contribution is 7.46. The molecule has 0 amide bonds. The van der Waals surface area contributed by atoms with Gasteiger partial charge in [0.2, 0.25) is 0 Å². The molecule has 0 aliphatic carbocycles. The topological polar surface area (TPSA) is 156 Å². The quantitative estimate of drug-likeness (QED) is 0.197. The van der Waals surface area contributed by atoms with Gasteiger partial charge in [0.15, 0.2) is 17.3 Å². The zero-order valence-corrected chi connectivity index (χ0v) is 21.5. The number of rotatable bonds is 10. The molecule has 0 spiro atoms. The van der Waals surface area contributed by atoms with Crippen LogP contribution in [0.4, 0.5) is 5.82 Å². The van der Waals surface area contributed by atoms with E-state index in [1.54, 1.807) is 12.1 Å². The maximum absolute atomic E-state index is 11.4. The molecular weight excluding hydrogens is 481 g/mol. The molecule has 2 aromatic heterocycles. The number of fused-ring (bicyclic) bond motifs is 3. The normalized spacial score (nSPS) is 12.9. The summed E-state index contributed by atoms with van der Waals surface area (Å²) in [5.74, 6) is 0.775. The lowest BCUT2D eigenvalue weighted by atomic mass is 9.98. The van der Waals surface area contributed by atoms with E-state index in [4.69, 9.17) is 10.7 Å². The molecule has 4 aromatic rings. The average molecular weight is 514 g/mol. The molecule has 0 aliphatic heterocycles. The number of imidazole rings is 1. The first kappa shape index (κ1) is 25.9. The third-order valence-corrected chi connectivity index (χ3v) is 6.70. The number of phenols is 1. The highest BCUT2D eigenvalue weighted by Crippen LogP contribution is 2.43. The van der Waals surface area contributed by atoms with Crippen molar-refractivity contribution in [2.24, 2.45) is 0 Å². The number of anilines is 1. The summed E-state index contributed by atoms with van der Waals surface area (Å²) >= 11 is 0. The minimum absolute atomic E-state index is 0.203. The molecule has 0 bridgehead atoms.